The highest BCUT2D eigenvalue weighted by Crippen LogP contribution is 2.69. The van der Waals surface area contributed by atoms with Crippen LogP contribution in [0.4, 0.5) is 0 Å². The Labute approximate surface area is 150 Å². The molecule has 0 radical (unpaired) electrons. The highest BCUT2D eigenvalue weighted by atomic mass is 31.2. The van der Waals surface area contributed by atoms with Gasteiger partial charge in [-0.15, -0.1) is 0 Å². The molecule has 25 heavy (non-hydrogen) atoms. The van der Waals surface area contributed by atoms with Gasteiger partial charge in [0.25, 0.3) is 0 Å². The normalized spacial score (nSPS) is 13.6. The highest BCUT2D eigenvalue weighted by molar-refractivity contribution is 7.87. The van der Waals surface area contributed by atoms with Crippen LogP contribution in [0.15, 0.2) is 60.7 Å². The number of benzene rings is 2. The second-order valence-electron chi connectivity index (χ2n) is 5.59. The molecule has 0 amide bonds. The maximum atomic E-state index is 14.4. The Morgan fingerprint density at radius 1 is 0.760 bits per heavy atom. The molecule has 0 saturated heterocycles. The SMILES string of the molecule is CCOP(=O)(OCC)C(CC)P(=O)(c1ccccc1)c1ccccc1. The van der Waals surface area contributed by atoms with E-state index in [2.05, 4.69) is 0 Å². The van der Waals surface area contributed by atoms with Gasteiger partial charge in [0.05, 0.1) is 13.2 Å². The lowest BCUT2D eigenvalue weighted by molar-refractivity contribution is 0.217. The van der Waals surface area contributed by atoms with E-state index in [9.17, 15) is 9.13 Å². The van der Waals surface area contributed by atoms with E-state index in [0.717, 1.165) is 0 Å². The molecular formula is C19H26O4P2. The Kier molecular flexibility index (Phi) is 7.22. The van der Waals surface area contributed by atoms with Gasteiger partial charge < -0.3 is 13.6 Å². The van der Waals surface area contributed by atoms with Crippen molar-refractivity contribution in [2.24, 2.45) is 0 Å². The fraction of sp³-hybridized carbons (Fsp3) is 0.368. The van der Waals surface area contributed by atoms with Gasteiger partial charge in [0.1, 0.15) is 5.40 Å². The third-order valence-electron chi connectivity index (χ3n) is 4.05. The summed E-state index contributed by atoms with van der Waals surface area (Å²) in [5.41, 5.74) is 0. The van der Waals surface area contributed by atoms with Crippen molar-refractivity contribution in [3.05, 3.63) is 60.7 Å². The Morgan fingerprint density at radius 2 is 1.16 bits per heavy atom. The summed E-state index contributed by atoms with van der Waals surface area (Å²) in [6, 6.07) is 18.5. The first-order valence-corrected chi connectivity index (χ1v) is 12.0. The first-order chi connectivity index (χ1) is 12.0. The van der Waals surface area contributed by atoms with Gasteiger partial charge >= 0.3 is 7.60 Å². The van der Waals surface area contributed by atoms with Gasteiger partial charge in [-0.3, -0.25) is 4.57 Å². The van der Waals surface area contributed by atoms with Crippen molar-refractivity contribution in [2.75, 3.05) is 13.2 Å². The Hall–Kier alpha value is -1.18. The molecule has 6 heteroatoms. The van der Waals surface area contributed by atoms with E-state index < -0.39 is 20.1 Å². The summed E-state index contributed by atoms with van der Waals surface area (Å²) in [5.74, 6) is 0. The minimum atomic E-state index is -3.55. The van der Waals surface area contributed by atoms with Crippen molar-refractivity contribution in [2.45, 2.75) is 32.6 Å². The predicted octanol–water partition coefficient (Wildman–Crippen LogP) is 5.00. The van der Waals surface area contributed by atoms with Crippen LogP contribution in [0, 0.1) is 0 Å². The molecule has 2 rings (SSSR count). The molecule has 0 aliphatic rings. The molecule has 0 heterocycles. The fourth-order valence-electron chi connectivity index (χ4n) is 3.04. The molecular weight excluding hydrogens is 354 g/mol. The highest BCUT2D eigenvalue weighted by Gasteiger charge is 2.48. The minimum Gasteiger partial charge on any atom is -0.313 e. The second kappa shape index (κ2) is 8.96. The quantitative estimate of drug-likeness (QED) is 0.575. The maximum absolute atomic E-state index is 14.4. The summed E-state index contributed by atoms with van der Waals surface area (Å²) < 4.78 is 39.1. The number of hydrogen-bond donors (Lipinski definition) is 0. The third-order valence-corrected chi connectivity index (χ3v) is 11.5. The van der Waals surface area contributed by atoms with Crippen molar-refractivity contribution < 1.29 is 18.2 Å². The van der Waals surface area contributed by atoms with E-state index in [4.69, 9.17) is 9.05 Å². The topological polar surface area (TPSA) is 52.6 Å². The number of rotatable bonds is 9. The molecule has 1 unspecified atom stereocenters. The van der Waals surface area contributed by atoms with Gasteiger partial charge in [0.15, 0.2) is 7.14 Å². The molecule has 0 bridgehead atoms. The average molecular weight is 380 g/mol. The summed E-state index contributed by atoms with van der Waals surface area (Å²) in [7, 11) is -6.77. The van der Waals surface area contributed by atoms with E-state index in [1.165, 1.54) is 0 Å². The molecule has 136 valence electrons. The average Bonchev–Trinajstić information content (AvgIpc) is 2.64. The van der Waals surface area contributed by atoms with Crippen LogP contribution >= 0.6 is 14.7 Å². The van der Waals surface area contributed by atoms with Gasteiger partial charge in [-0.1, -0.05) is 67.6 Å². The van der Waals surface area contributed by atoms with Crippen LogP contribution in [0.3, 0.4) is 0 Å². The molecule has 0 aliphatic heterocycles. The monoisotopic (exact) mass is 380 g/mol. The second-order valence-corrected chi connectivity index (χ2v) is 11.2. The molecule has 0 aliphatic carbocycles. The van der Waals surface area contributed by atoms with Crippen molar-refractivity contribution in [3.63, 3.8) is 0 Å². The Bertz CT molecular complexity index is 693. The van der Waals surface area contributed by atoms with Gasteiger partial charge in [-0.05, 0) is 20.3 Å². The lowest BCUT2D eigenvalue weighted by atomic mass is 10.4. The van der Waals surface area contributed by atoms with Crippen LogP contribution in [0.25, 0.3) is 0 Å². The van der Waals surface area contributed by atoms with E-state index in [0.29, 0.717) is 17.0 Å². The smallest absolute Gasteiger partial charge is 0.313 e. The first kappa shape index (κ1) is 20.1. The molecule has 1 atom stereocenters. The lowest BCUT2D eigenvalue weighted by Gasteiger charge is -2.32. The number of hydrogen-bond acceptors (Lipinski definition) is 4. The van der Waals surface area contributed by atoms with Crippen molar-refractivity contribution >= 4 is 25.3 Å². The summed E-state index contributed by atoms with van der Waals surface area (Å²) in [6.45, 7) is 5.92. The standard InChI is InChI=1S/C19H26O4P2/c1-4-19(25(21,22-5-2)23-6-3)24(20,17-13-9-7-10-14-17)18-15-11-8-12-16-18/h7-16,19H,4-6H2,1-3H3. The van der Waals surface area contributed by atoms with Crippen molar-refractivity contribution in [3.8, 4) is 0 Å². The summed E-state index contributed by atoms with van der Waals surface area (Å²) >= 11 is 0. The van der Waals surface area contributed by atoms with E-state index in [1.807, 2.05) is 67.6 Å². The zero-order chi connectivity index (χ0) is 18.3. The maximum Gasteiger partial charge on any atom is 0.341 e. The van der Waals surface area contributed by atoms with Crippen LogP contribution in [0.2, 0.25) is 0 Å². The third kappa shape index (κ3) is 4.15. The molecule has 0 saturated carbocycles. The van der Waals surface area contributed by atoms with Gasteiger partial charge in [0, 0.05) is 10.6 Å². The van der Waals surface area contributed by atoms with E-state index in [-0.39, 0.29) is 13.2 Å². The molecule has 0 spiro atoms. The van der Waals surface area contributed by atoms with Crippen molar-refractivity contribution in [1.82, 2.24) is 0 Å². The first-order valence-electron chi connectivity index (χ1n) is 8.62. The summed E-state index contributed by atoms with van der Waals surface area (Å²) in [4.78, 5) is 0. The molecule has 2 aromatic rings. The summed E-state index contributed by atoms with van der Waals surface area (Å²) in [5, 5.41) is 0.630. The van der Waals surface area contributed by atoms with Crippen LogP contribution < -0.4 is 10.6 Å². The zero-order valence-corrected chi connectivity index (χ0v) is 16.8. The van der Waals surface area contributed by atoms with Gasteiger partial charge in [-0.2, -0.15) is 0 Å². The molecule has 0 fully saturated rings. The van der Waals surface area contributed by atoms with Crippen molar-refractivity contribution in [1.29, 1.82) is 0 Å². The molecule has 4 nitrogen and oxygen atoms in total. The largest absolute Gasteiger partial charge is 0.341 e. The molecule has 0 N–H and O–H groups in total. The molecule has 2 aromatic carbocycles. The lowest BCUT2D eigenvalue weighted by Crippen LogP contribution is -2.27. The van der Waals surface area contributed by atoms with Crippen LogP contribution in [-0.4, -0.2) is 18.6 Å². The van der Waals surface area contributed by atoms with Crippen LogP contribution in [0.1, 0.15) is 27.2 Å². The zero-order valence-electron chi connectivity index (χ0n) is 15.0. The fourth-order valence-corrected chi connectivity index (χ4v) is 10.2. The van der Waals surface area contributed by atoms with Gasteiger partial charge in [0.2, 0.25) is 0 Å². The van der Waals surface area contributed by atoms with Gasteiger partial charge in [-0.25, -0.2) is 0 Å². The van der Waals surface area contributed by atoms with E-state index >= 15 is 0 Å². The summed E-state index contributed by atoms with van der Waals surface area (Å²) in [6.07, 6.45) is 0.429. The van der Waals surface area contributed by atoms with E-state index in [1.54, 1.807) is 13.8 Å². The Balaban J connectivity index is 2.69. The van der Waals surface area contributed by atoms with Crippen LogP contribution in [0.5, 0.6) is 0 Å². The predicted molar refractivity (Wildman–Crippen MR) is 105 cm³/mol. The molecule has 0 aromatic heterocycles. The van der Waals surface area contributed by atoms with Crippen LogP contribution in [-0.2, 0) is 18.2 Å². The minimum absolute atomic E-state index is 0.247. The Morgan fingerprint density at radius 3 is 1.48 bits per heavy atom.